The van der Waals surface area contributed by atoms with Crippen molar-refractivity contribution in [2.24, 2.45) is 0 Å². The SMILES string of the molecule is Cc1noc(C)c1NC(=O)c1ccc(COc2ccccc2Br)o1. The Kier molecular flexibility index (Phi) is 4.71. The molecule has 3 aromatic rings. The van der Waals surface area contributed by atoms with Crippen molar-refractivity contribution in [2.45, 2.75) is 20.5 Å². The Morgan fingerprint density at radius 2 is 2.04 bits per heavy atom. The Bertz CT molecular complexity index is 850. The first kappa shape index (κ1) is 16.3. The Morgan fingerprint density at radius 1 is 1.25 bits per heavy atom. The van der Waals surface area contributed by atoms with Crippen molar-refractivity contribution in [1.82, 2.24) is 5.16 Å². The molecule has 0 unspecified atom stereocenters. The highest BCUT2D eigenvalue weighted by Crippen LogP contribution is 2.25. The van der Waals surface area contributed by atoms with E-state index >= 15 is 0 Å². The second kappa shape index (κ2) is 6.92. The van der Waals surface area contributed by atoms with E-state index in [2.05, 4.69) is 26.4 Å². The fraction of sp³-hybridized carbons (Fsp3) is 0.176. The molecular formula is C17H15BrN2O4. The second-order valence-electron chi connectivity index (χ2n) is 5.14. The number of rotatable bonds is 5. The number of furan rings is 1. The molecular weight excluding hydrogens is 376 g/mol. The minimum Gasteiger partial charge on any atom is -0.484 e. The van der Waals surface area contributed by atoms with Crippen LogP contribution in [0.1, 0.15) is 27.8 Å². The number of aromatic nitrogens is 1. The van der Waals surface area contributed by atoms with Crippen LogP contribution in [0.4, 0.5) is 5.69 Å². The zero-order valence-corrected chi connectivity index (χ0v) is 14.7. The van der Waals surface area contributed by atoms with E-state index < -0.39 is 0 Å². The normalized spacial score (nSPS) is 10.6. The summed E-state index contributed by atoms with van der Waals surface area (Å²) >= 11 is 3.41. The molecule has 7 heteroatoms. The first-order chi connectivity index (χ1) is 11.5. The highest BCUT2D eigenvalue weighted by molar-refractivity contribution is 9.10. The minimum absolute atomic E-state index is 0.195. The highest BCUT2D eigenvalue weighted by Gasteiger charge is 2.16. The lowest BCUT2D eigenvalue weighted by Gasteiger charge is -2.06. The summed E-state index contributed by atoms with van der Waals surface area (Å²) in [6, 6.07) is 10.8. The lowest BCUT2D eigenvalue weighted by molar-refractivity contribution is 0.0992. The quantitative estimate of drug-likeness (QED) is 0.694. The molecule has 2 aromatic heterocycles. The average Bonchev–Trinajstić information content (AvgIpc) is 3.16. The summed E-state index contributed by atoms with van der Waals surface area (Å²) in [6.45, 7) is 3.71. The number of benzene rings is 1. The zero-order chi connectivity index (χ0) is 17.1. The number of anilines is 1. The lowest BCUT2D eigenvalue weighted by atomic mass is 10.3. The Labute approximate surface area is 146 Å². The van der Waals surface area contributed by atoms with E-state index in [-0.39, 0.29) is 18.3 Å². The molecule has 0 aliphatic heterocycles. The number of halogens is 1. The van der Waals surface area contributed by atoms with Crippen molar-refractivity contribution in [3.8, 4) is 5.75 Å². The number of aryl methyl sites for hydroxylation is 2. The highest BCUT2D eigenvalue weighted by atomic mass is 79.9. The minimum atomic E-state index is -0.364. The first-order valence-corrected chi connectivity index (χ1v) is 8.04. The van der Waals surface area contributed by atoms with Crippen LogP contribution in [0, 0.1) is 13.8 Å². The van der Waals surface area contributed by atoms with Crippen molar-refractivity contribution in [3.63, 3.8) is 0 Å². The van der Waals surface area contributed by atoms with Gasteiger partial charge in [-0.05, 0) is 54.0 Å². The Morgan fingerprint density at radius 3 is 2.75 bits per heavy atom. The van der Waals surface area contributed by atoms with Crippen LogP contribution < -0.4 is 10.1 Å². The van der Waals surface area contributed by atoms with Gasteiger partial charge >= 0.3 is 0 Å². The smallest absolute Gasteiger partial charge is 0.291 e. The molecule has 2 heterocycles. The van der Waals surface area contributed by atoms with Gasteiger partial charge in [0.1, 0.15) is 29.5 Å². The van der Waals surface area contributed by atoms with Crippen LogP contribution in [0.3, 0.4) is 0 Å². The molecule has 0 aliphatic rings. The number of nitrogens with one attached hydrogen (secondary N) is 1. The Hall–Kier alpha value is -2.54. The monoisotopic (exact) mass is 390 g/mol. The number of carbonyl (C=O) groups is 1. The summed E-state index contributed by atoms with van der Waals surface area (Å²) in [7, 11) is 0. The molecule has 0 bridgehead atoms. The molecule has 0 radical (unpaired) electrons. The summed E-state index contributed by atoms with van der Waals surface area (Å²) in [4.78, 5) is 12.2. The van der Waals surface area contributed by atoms with Crippen LogP contribution in [0.25, 0.3) is 0 Å². The number of para-hydroxylation sites is 1. The van der Waals surface area contributed by atoms with E-state index in [1.807, 2.05) is 24.3 Å². The molecule has 1 N–H and O–H groups in total. The van der Waals surface area contributed by atoms with Gasteiger partial charge in [-0.1, -0.05) is 17.3 Å². The van der Waals surface area contributed by atoms with Gasteiger partial charge in [-0.25, -0.2) is 0 Å². The van der Waals surface area contributed by atoms with Crippen LogP contribution in [0.2, 0.25) is 0 Å². The number of ether oxygens (including phenoxy) is 1. The third-order valence-corrected chi connectivity index (χ3v) is 4.02. The van der Waals surface area contributed by atoms with Gasteiger partial charge in [0.05, 0.1) is 4.47 Å². The van der Waals surface area contributed by atoms with Crippen LogP contribution in [-0.4, -0.2) is 11.1 Å². The maximum atomic E-state index is 12.2. The zero-order valence-electron chi connectivity index (χ0n) is 13.1. The maximum Gasteiger partial charge on any atom is 0.291 e. The summed E-state index contributed by atoms with van der Waals surface area (Å²) < 4.78 is 17.1. The van der Waals surface area contributed by atoms with E-state index in [9.17, 15) is 4.79 Å². The Balaban J connectivity index is 1.65. The van der Waals surface area contributed by atoms with Crippen molar-refractivity contribution in [1.29, 1.82) is 0 Å². The summed E-state index contributed by atoms with van der Waals surface area (Å²) in [6.07, 6.45) is 0. The van der Waals surface area contributed by atoms with Crippen molar-refractivity contribution in [3.05, 3.63) is 63.8 Å². The molecule has 0 aliphatic carbocycles. The molecule has 0 saturated heterocycles. The van der Waals surface area contributed by atoms with Gasteiger partial charge < -0.3 is 19.0 Å². The van der Waals surface area contributed by atoms with Gasteiger partial charge in [-0.2, -0.15) is 0 Å². The third kappa shape index (κ3) is 3.51. The molecule has 0 fully saturated rings. The van der Waals surface area contributed by atoms with Crippen LogP contribution in [0.5, 0.6) is 5.75 Å². The van der Waals surface area contributed by atoms with E-state index in [4.69, 9.17) is 13.7 Å². The fourth-order valence-corrected chi connectivity index (χ4v) is 2.52. The summed E-state index contributed by atoms with van der Waals surface area (Å²) in [5.41, 5.74) is 1.17. The summed E-state index contributed by atoms with van der Waals surface area (Å²) in [5.74, 6) is 1.63. The molecule has 6 nitrogen and oxygen atoms in total. The topological polar surface area (TPSA) is 77.5 Å². The van der Waals surface area contributed by atoms with Gasteiger partial charge in [0, 0.05) is 0 Å². The molecule has 24 heavy (non-hydrogen) atoms. The fourth-order valence-electron chi connectivity index (χ4n) is 2.12. The van der Waals surface area contributed by atoms with Gasteiger partial charge in [-0.3, -0.25) is 4.79 Å². The van der Waals surface area contributed by atoms with Crippen LogP contribution in [0.15, 0.2) is 49.8 Å². The number of carbonyl (C=O) groups excluding carboxylic acids is 1. The number of amides is 1. The largest absolute Gasteiger partial charge is 0.484 e. The number of nitrogens with zero attached hydrogens (tertiary/aromatic N) is 1. The van der Waals surface area contributed by atoms with E-state index in [1.165, 1.54) is 0 Å². The van der Waals surface area contributed by atoms with E-state index in [0.717, 1.165) is 4.47 Å². The second-order valence-corrected chi connectivity index (χ2v) is 5.99. The lowest BCUT2D eigenvalue weighted by Crippen LogP contribution is -2.12. The van der Waals surface area contributed by atoms with Crippen molar-refractivity contribution >= 4 is 27.5 Å². The predicted molar refractivity (Wildman–Crippen MR) is 91.1 cm³/mol. The predicted octanol–water partition coefficient (Wildman–Crippen LogP) is 4.48. The standard InChI is InChI=1S/C17H15BrN2O4/c1-10-16(11(2)24-20-10)19-17(21)15-8-7-12(23-15)9-22-14-6-4-3-5-13(14)18/h3-8H,9H2,1-2H3,(H,19,21). The van der Waals surface area contributed by atoms with Crippen LogP contribution >= 0.6 is 15.9 Å². The molecule has 0 spiro atoms. The third-order valence-electron chi connectivity index (χ3n) is 3.36. The first-order valence-electron chi connectivity index (χ1n) is 7.25. The molecule has 1 aromatic carbocycles. The van der Waals surface area contributed by atoms with Gasteiger partial charge in [0.15, 0.2) is 11.5 Å². The van der Waals surface area contributed by atoms with E-state index in [1.54, 1.807) is 26.0 Å². The maximum absolute atomic E-state index is 12.2. The molecule has 0 atom stereocenters. The van der Waals surface area contributed by atoms with E-state index in [0.29, 0.717) is 28.7 Å². The molecule has 0 saturated carbocycles. The van der Waals surface area contributed by atoms with Gasteiger partial charge in [-0.15, -0.1) is 0 Å². The van der Waals surface area contributed by atoms with Gasteiger partial charge in [0.25, 0.3) is 5.91 Å². The molecule has 3 rings (SSSR count). The summed E-state index contributed by atoms with van der Waals surface area (Å²) in [5, 5.41) is 6.53. The van der Waals surface area contributed by atoms with Crippen LogP contribution in [-0.2, 0) is 6.61 Å². The molecule has 124 valence electrons. The van der Waals surface area contributed by atoms with Gasteiger partial charge in [0.2, 0.25) is 0 Å². The molecule has 1 amide bonds. The number of hydrogen-bond donors (Lipinski definition) is 1. The van der Waals surface area contributed by atoms with Crippen molar-refractivity contribution in [2.75, 3.05) is 5.32 Å². The average molecular weight is 391 g/mol. The number of hydrogen-bond acceptors (Lipinski definition) is 5. The van der Waals surface area contributed by atoms with Crippen molar-refractivity contribution < 1.29 is 18.5 Å².